The lowest BCUT2D eigenvalue weighted by Gasteiger charge is -2.22. The molecular formula is C16H17N3O3. The van der Waals surface area contributed by atoms with Gasteiger partial charge in [-0.15, -0.1) is 0 Å². The largest absolute Gasteiger partial charge is 0.379 e. The molecule has 2 N–H and O–H groups in total. The Balaban J connectivity index is 1.77. The minimum absolute atomic E-state index is 0.0273. The Morgan fingerprint density at radius 2 is 2.09 bits per heavy atom. The second-order valence-corrected chi connectivity index (χ2v) is 5.24. The van der Waals surface area contributed by atoms with Crippen molar-refractivity contribution in [3.8, 4) is 11.3 Å². The Kier molecular flexibility index (Phi) is 4.29. The van der Waals surface area contributed by atoms with Crippen molar-refractivity contribution in [1.29, 1.82) is 0 Å². The Bertz CT molecular complexity index is 706. The first kappa shape index (κ1) is 14.5. The van der Waals surface area contributed by atoms with Crippen LogP contribution in [0.25, 0.3) is 11.3 Å². The van der Waals surface area contributed by atoms with Crippen LogP contribution in [0.15, 0.2) is 41.5 Å². The number of aromatic nitrogens is 2. The number of carbonyl (C=O) groups excluding carboxylic acids is 1. The third kappa shape index (κ3) is 3.23. The number of nitrogens with one attached hydrogen (secondary N) is 2. The van der Waals surface area contributed by atoms with Crippen LogP contribution in [0.1, 0.15) is 23.2 Å². The van der Waals surface area contributed by atoms with E-state index in [2.05, 4.69) is 15.3 Å². The van der Waals surface area contributed by atoms with Crippen LogP contribution in [-0.4, -0.2) is 35.1 Å². The summed E-state index contributed by atoms with van der Waals surface area (Å²) in [6.07, 6.45) is 5.09. The maximum absolute atomic E-state index is 12.2. The molecule has 2 aromatic rings. The number of hydrogen-bond acceptors (Lipinski definition) is 4. The van der Waals surface area contributed by atoms with Crippen LogP contribution in [0.3, 0.4) is 0 Å². The Hall–Kier alpha value is -2.47. The summed E-state index contributed by atoms with van der Waals surface area (Å²) in [4.78, 5) is 31.0. The van der Waals surface area contributed by atoms with Crippen LogP contribution in [0.5, 0.6) is 0 Å². The molecule has 2 aromatic heterocycles. The predicted molar refractivity (Wildman–Crippen MR) is 81.6 cm³/mol. The lowest BCUT2D eigenvalue weighted by atomic mass is 10.1. The van der Waals surface area contributed by atoms with E-state index in [0.717, 1.165) is 25.0 Å². The standard InChI is InChI=1S/C16H17N3O3/c20-15(18-12-2-1-9-22-10-12)13-3-4-14(19-16(13)21)11-5-7-17-8-6-11/h3-8,12H,1-2,9-10H2,(H,18,20)(H,19,21)/t12-/m0/s1. The van der Waals surface area contributed by atoms with Crippen LogP contribution in [0, 0.1) is 0 Å². The van der Waals surface area contributed by atoms with Crippen molar-refractivity contribution in [1.82, 2.24) is 15.3 Å². The van der Waals surface area contributed by atoms with E-state index in [4.69, 9.17) is 4.74 Å². The third-order valence-electron chi connectivity index (χ3n) is 3.64. The van der Waals surface area contributed by atoms with Crippen molar-refractivity contribution in [3.05, 3.63) is 52.6 Å². The lowest BCUT2D eigenvalue weighted by Crippen LogP contribution is -2.42. The topological polar surface area (TPSA) is 84.1 Å². The highest BCUT2D eigenvalue weighted by Gasteiger charge is 2.19. The third-order valence-corrected chi connectivity index (χ3v) is 3.64. The van der Waals surface area contributed by atoms with Crippen molar-refractivity contribution in [2.24, 2.45) is 0 Å². The van der Waals surface area contributed by atoms with Gasteiger partial charge in [-0.25, -0.2) is 0 Å². The van der Waals surface area contributed by atoms with Crippen LogP contribution < -0.4 is 10.9 Å². The number of H-pyrrole nitrogens is 1. The van der Waals surface area contributed by atoms with Crippen LogP contribution in [0.2, 0.25) is 0 Å². The maximum Gasteiger partial charge on any atom is 0.261 e. The zero-order valence-corrected chi connectivity index (χ0v) is 12.0. The molecule has 1 amide bonds. The molecule has 0 unspecified atom stereocenters. The van der Waals surface area contributed by atoms with Gasteiger partial charge in [0.1, 0.15) is 5.56 Å². The number of pyridine rings is 2. The molecule has 0 spiro atoms. The van der Waals surface area contributed by atoms with Gasteiger partial charge in [-0.05, 0) is 37.1 Å². The minimum Gasteiger partial charge on any atom is -0.379 e. The molecule has 6 heteroatoms. The fourth-order valence-electron chi connectivity index (χ4n) is 2.47. The van der Waals surface area contributed by atoms with Crippen LogP contribution in [0.4, 0.5) is 0 Å². The average Bonchev–Trinajstić information content (AvgIpc) is 2.56. The maximum atomic E-state index is 12.2. The van der Waals surface area contributed by atoms with Gasteiger partial charge in [0.05, 0.1) is 12.6 Å². The van der Waals surface area contributed by atoms with Crippen molar-refractivity contribution in [3.63, 3.8) is 0 Å². The summed E-state index contributed by atoms with van der Waals surface area (Å²) in [5.74, 6) is -0.363. The number of rotatable bonds is 3. The summed E-state index contributed by atoms with van der Waals surface area (Å²) in [6, 6.07) is 6.84. The van der Waals surface area contributed by atoms with Crippen molar-refractivity contribution < 1.29 is 9.53 Å². The van der Waals surface area contributed by atoms with Crippen LogP contribution in [-0.2, 0) is 4.74 Å². The number of nitrogens with zero attached hydrogens (tertiary/aromatic N) is 1. The smallest absolute Gasteiger partial charge is 0.261 e. The zero-order valence-electron chi connectivity index (χ0n) is 12.0. The van der Waals surface area contributed by atoms with Gasteiger partial charge in [-0.1, -0.05) is 0 Å². The second-order valence-electron chi connectivity index (χ2n) is 5.24. The van der Waals surface area contributed by atoms with Gasteiger partial charge in [0.2, 0.25) is 0 Å². The Labute approximate surface area is 127 Å². The highest BCUT2D eigenvalue weighted by Crippen LogP contribution is 2.14. The fourth-order valence-corrected chi connectivity index (χ4v) is 2.47. The fraction of sp³-hybridized carbons (Fsp3) is 0.312. The van der Waals surface area contributed by atoms with Gasteiger partial charge < -0.3 is 15.0 Å². The van der Waals surface area contributed by atoms with Gasteiger partial charge in [-0.3, -0.25) is 14.6 Å². The molecule has 1 fully saturated rings. The van der Waals surface area contributed by atoms with E-state index < -0.39 is 5.56 Å². The summed E-state index contributed by atoms with van der Waals surface area (Å²) in [6.45, 7) is 1.23. The van der Waals surface area contributed by atoms with E-state index in [1.165, 1.54) is 0 Å². The molecule has 0 aliphatic carbocycles. The van der Waals surface area contributed by atoms with E-state index in [1.54, 1.807) is 36.7 Å². The number of carbonyl (C=O) groups is 1. The van der Waals surface area contributed by atoms with E-state index in [1.807, 2.05) is 0 Å². The number of amides is 1. The second kappa shape index (κ2) is 6.53. The monoisotopic (exact) mass is 299 g/mol. The lowest BCUT2D eigenvalue weighted by molar-refractivity contribution is 0.0623. The molecule has 0 aromatic carbocycles. The average molecular weight is 299 g/mol. The van der Waals surface area contributed by atoms with Gasteiger partial charge >= 0.3 is 0 Å². The van der Waals surface area contributed by atoms with Crippen molar-refractivity contribution in [2.75, 3.05) is 13.2 Å². The summed E-state index contributed by atoms with van der Waals surface area (Å²) < 4.78 is 5.32. The normalized spacial score (nSPS) is 17.9. The first-order chi connectivity index (χ1) is 10.7. The zero-order chi connectivity index (χ0) is 15.4. The van der Waals surface area contributed by atoms with Crippen molar-refractivity contribution >= 4 is 5.91 Å². The van der Waals surface area contributed by atoms with E-state index in [9.17, 15) is 9.59 Å². The molecule has 1 atom stereocenters. The molecule has 1 aliphatic rings. The van der Waals surface area contributed by atoms with Gasteiger partial charge in [-0.2, -0.15) is 0 Å². The first-order valence-corrected chi connectivity index (χ1v) is 7.26. The minimum atomic E-state index is -0.399. The molecular weight excluding hydrogens is 282 g/mol. The van der Waals surface area contributed by atoms with Crippen molar-refractivity contribution in [2.45, 2.75) is 18.9 Å². The van der Waals surface area contributed by atoms with Gasteiger partial charge in [0.15, 0.2) is 0 Å². The number of hydrogen-bond donors (Lipinski definition) is 2. The molecule has 3 rings (SSSR count). The summed E-state index contributed by atoms with van der Waals surface area (Å²) in [5, 5.41) is 2.84. The molecule has 114 valence electrons. The molecule has 1 aliphatic heterocycles. The highest BCUT2D eigenvalue weighted by atomic mass is 16.5. The molecule has 0 saturated carbocycles. The van der Waals surface area contributed by atoms with E-state index in [-0.39, 0.29) is 17.5 Å². The summed E-state index contributed by atoms with van der Waals surface area (Å²) in [7, 11) is 0. The highest BCUT2D eigenvalue weighted by molar-refractivity contribution is 5.94. The predicted octanol–water partition coefficient (Wildman–Crippen LogP) is 1.35. The Morgan fingerprint density at radius 1 is 1.27 bits per heavy atom. The SMILES string of the molecule is O=C(N[C@H]1CCCOC1)c1ccc(-c2ccncc2)[nH]c1=O. The first-order valence-electron chi connectivity index (χ1n) is 7.26. The van der Waals surface area contributed by atoms with Crippen LogP contribution >= 0.6 is 0 Å². The molecule has 22 heavy (non-hydrogen) atoms. The molecule has 6 nitrogen and oxygen atoms in total. The quantitative estimate of drug-likeness (QED) is 0.896. The molecule has 1 saturated heterocycles. The number of ether oxygens (including phenoxy) is 1. The molecule has 0 bridgehead atoms. The number of aromatic amines is 1. The summed E-state index contributed by atoms with van der Waals surface area (Å²) in [5.41, 5.74) is 1.22. The Morgan fingerprint density at radius 3 is 2.77 bits per heavy atom. The van der Waals surface area contributed by atoms with Gasteiger partial charge in [0.25, 0.3) is 11.5 Å². The van der Waals surface area contributed by atoms with Gasteiger partial charge in [0, 0.05) is 30.3 Å². The van der Waals surface area contributed by atoms with E-state index in [0.29, 0.717) is 12.3 Å². The molecule has 0 radical (unpaired) electrons. The van der Waals surface area contributed by atoms with E-state index >= 15 is 0 Å². The summed E-state index contributed by atoms with van der Waals surface area (Å²) >= 11 is 0. The molecule has 3 heterocycles.